The van der Waals surface area contributed by atoms with E-state index in [1.807, 2.05) is 0 Å². The molecule has 1 atom stereocenters. The lowest BCUT2D eigenvalue weighted by Crippen LogP contribution is -2.41. The van der Waals surface area contributed by atoms with Crippen molar-refractivity contribution in [3.63, 3.8) is 0 Å². The van der Waals surface area contributed by atoms with Gasteiger partial charge in [-0.1, -0.05) is 6.92 Å². The van der Waals surface area contributed by atoms with E-state index in [2.05, 4.69) is 4.72 Å². The second-order valence-electron chi connectivity index (χ2n) is 3.98. The number of hydrogen-bond acceptors (Lipinski definition) is 4. The fourth-order valence-corrected chi connectivity index (χ4v) is 2.82. The van der Waals surface area contributed by atoms with E-state index in [0.29, 0.717) is 13.1 Å². The first kappa shape index (κ1) is 13.9. The van der Waals surface area contributed by atoms with Crippen molar-refractivity contribution >= 4 is 15.9 Å². The first-order chi connectivity index (χ1) is 8.01. The van der Waals surface area contributed by atoms with Crippen LogP contribution in [0.25, 0.3) is 0 Å². The summed E-state index contributed by atoms with van der Waals surface area (Å²) in [5.41, 5.74) is 0. The number of sulfonamides is 1. The van der Waals surface area contributed by atoms with E-state index >= 15 is 0 Å². The minimum absolute atomic E-state index is 0.212. The standard InChI is InChI=1S/C10H17N3O3S/c1-2-9(7-11)17(15,16)12-8-10(14)13-5-3-4-6-13/h9,12H,2-6,8H2,1H3. The Morgan fingerprint density at radius 3 is 2.53 bits per heavy atom. The third-order valence-corrected chi connectivity index (χ3v) is 4.51. The van der Waals surface area contributed by atoms with Crippen molar-refractivity contribution in [1.29, 1.82) is 5.26 Å². The second-order valence-corrected chi connectivity index (χ2v) is 5.93. The highest BCUT2D eigenvalue weighted by atomic mass is 32.2. The number of likely N-dealkylation sites (tertiary alicyclic amines) is 1. The molecule has 96 valence electrons. The molecular weight excluding hydrogens is 242 g/mol. The maximum absolute atomic E-state index is 11.6. The van der Waals surface area contributed by atoms with Gasteiger partial charge in [-0.2, -0.15) is 5.26 Å². The Morgan fingerprint density at radius 1 is 1.47 bits per heavy atom. The first-order valence-electron chi connectivity index (χ1n) is 5.67. The van der Waals surface area contributed by atoms with Gasteiger partial charge in [-0.3, -0.25) is 4.79 Å². The van der Waals surface area contributed by atoms with Crippen molar-refractivity contribution in [1.82, 2.24) is 9.62 Å². The Labute approximate surface area is 102 Å². The Kier molecular flexibility index (Phi) is 4.90. The van der Waals surface area contributed by atoms with E-state index in [1.54, 1.807) is 17.9 Å². The number of nitrogens with zero attached hydrogens (tertiary/aromatic N) is 2. The van der Waals surface area contributed by atoms with E-state index in [1.165, 1.54) is 0 Å². The Morgan fingerprint density at radius 2 is 2.06 bits per heavy atom. The summed E-state index contributed by atoms with van der Waals surface area (Å²) in [5, 5.41) is 7.58. The van der Waals surface area contributed by atoms with Gasteiger partial charge in [0.1, 0.15) is 0 Å². The summed E-state index contributed by atoms with van der Waals surface area (Å²) in [5.74, 6) is -0.223. The van der Waals surface area contributed by atoms with Gasteiger partial charge in [0.15, 0.2) is 5.25 Å². The van der Waals surface area contributed by atoms with Crippen molar-refractivity contribution in [3.05, 3.63) is 0 Å². The molecule has 0 aliphatic carbocycles. The molecule has 1 heterocycles. The number of hydrogen-bond donors (Lipinski definition) is 1. The Bertz CT molecular complexity index is 407. The summed E-state index contributed by atoms with van der Waals surface area (Å²) in [6, 6.07) is 1.71. The quantitative estimate of drug-likeness (QED) is 0.742. The fourth-order valence-electron chi connectivity index (χ4n) is 1.72. The second kappa shape index (κ2) is 5.98. The van der Waals surface area contributed by atoms with Crippen LogP contribution < -0.4 is 4.72 Å². The van der Waals surface area contributed by atoms with Crippen LogP contribution in [0.5, 0.6) is 0 Å². The lowest BCUT2D eigenvalue weighted by Gasteiger charge is -2.16. The Balaban J connectivity index is 2.49. The minimum Gasteiger partial charge on any atom is -0.342 e. The number of amides is 1. The number of rotatable bonds is 5. The molecule has 1 rings (SSSR count). The molecule has 1 amide bonds. The maximum Gasteiger partial charge on any atom is 0.237 e. The van der Waals surface area contributed by atoms with Crippen molar-refractivity contribution in [3.8, 4) is 6.07 Å². The van der Waals surface area contributed by atoms with Gasteiger partial charge in [0.25, 0.3) is 0 Å². The van der Waals surface area contributed by atoms with E-state index in [9.17, 15) is 13.2 Å². The lowest BCUT2D eigenvalue weighted by atomic mass is 10.4. The number of carbonyl (C=O) groups excluding carboxylic acids is 1. The van der Waals surface area contributed by atoms with Crippen molar-refractivity contribution in [2.45, 2.75) is 31.4 Å². The molecule has 1 N–H and O–H groups in total. The van der Waals surface area contributed by atoms with Crippen LogP contribution >= 0.6 is 0 Å². The van der Waals surface area contributed by atoms with E-state index in [-0.39, 0.29) is 18.9 Å². The van der Waals surface area contributed by atoms with Gasteiger partial charge in [-0.25, -0.2) is 13.1 Å². The topological polar surface area (TPSA) is 90.3 Å². The van der Waals surface area contributed by atoms with Crippen molar-refractivity contribution in [2.24, 2.45) is 0 Å². The Hall–Kier alpha value is -1.13. The zero-order valence-electron chi connectivity index (χ0n) is 9.85. The van der Waals surface area contributed by atoms with Crippen LogP contribution in [0.1, 0.15) is 26.2 Å². The zero-order valence-corrected chi connectivity index (χ0v) is 10.7. The zero-order chi connectivity index (χ0) is 12.9. The minimum atomic E-state index is -3.71. The predicted molar refractivity (Wildman–Crippen MR) is 62.4 cm³/mol. The van der Waals surface area contributed by atoms with Gasteiger partial charge >= 0.3 is 0 Å². The molecule has 7 heteroatoms. The first-order valence-corrected chi connectivity index (χ1v) is 7.21. The molecule has 0 aromatic carbocycles. The van der Waals surface area contributed by atoms with Crippen LogP contribution in [0.15, 0.2) is 0 Å². The van der Waals surface area contributed by atoms with Crippen molar-refractivity contribution in [2.75, 3.05) is 19.6 Å². The van der Waals surface area contributed by atoms with Gasteiger partial charge in [-0.05, 0) is 19.3 Å². The highest BCUT2D eigenvalue weighted by Gasteiger charge is 2.25. The smallest absolute Gasteiger partial charge is 0.237 e. The number of nitrogens with one attached hydrogen (secondary N) is 1. The van der Waals surface area contributed by atoms with E-state index in [0.717, 1.165) is 12.8 Å². The molecule has 6 nitrogen and oxygen atoms in total. The predicted octanol–water partition coefficient (Wildman–Crippen LogP) is -0.170. The molecule has 0 saturated carbocycles. The molecule has 17 heavy (non-hydrogen) atoms. The number of nitriles is 1. The van der Waals surface area contributed by atoms with Crippen LogP contribution in [0.3, 0.4) is 0 Å². The van der Waals surface area contributed by atoms with Crippen LogP contribution in [0.4, 0.5) is 0 Å². The van der Waals surface area contributed by atoms with E-state index in [4.69, 9.17) is 5.26 Å². The summed E-state index contributed by atoms with van der Waals surface area (Å²) in [6.07, 6.45) is 2.15. The third-order valence-electron chi connectivity index (χ3n) is 2.77. The molecule has 0 aromatic heterocycles. The van der Waals surface area contributed by atoms with Crippen LogP contribution in [0, 0.1) is 11.3 Å². The van der Waals surface area contributed by atoms with Gasteiger partial charge in [-0.15, -0.1) is 0 Å². The average Bonchev–Trinajstić information content (AvgIpc) is 2.80. The SMILES string of the molecule is CCC(C#N)S(=O)(=O)NCC(=O)N1CCCC1. The molecule has 1 unspecified atom stereocenters. The van der Waals surface area contributed by atoms with Gasteiger partial charge in [0, 0.05) is 13.1 Å². The average molecular weight is 259 g/mol. The maximum atomic E-state index is 11.6. The van der Waals surface area contributed by atoms with Crippen molar-refractivity contribution < 1.29 is 13.2 Å². The molecule has 0 radical (unpaired) electrons. The van der Waals surface area contributed by atoms with Crippen LogP contribution in [0.2, 0.25) is 0 Å². The normalized spacial score (nSPS) is 17.8. The molecule has 1 fully saturated rings. The van der Waals surface area contributed by atoms with E-state index < -0.39 is 15.3 Å². The number of carbonyl (C=O) groups is 1. The molecular formula is C10H17N3O3S. The summed E-state index contributed by atoms with van der Waals surface area (Å²) in [7, 11) is -3.71. The summed E-state index contributed by atoms with van der Waals surface area (Å²) in [6.45, 7) is 2.75. The highest BCUT2D eigenvalue weighted by Crippen LogP contribution is 2.07. The summed E-state index contributed by atoms with van der Waals surface area (Å²) >= 11 is 0. The molecule has 1 aliphatic heterocycles. The summed E-state index contributed by atoms with van der Waals surface area (Å²) < 4.78 is 25.4. The van der Waals surface area contributed by atoms with Gasteiger partial charge in [0.05, 0.1) is 12.6 Å². The highest BCUT2D eigenvalue weighted by molar-refractivity contribution is 7.90. The molecule has 0 spiro atoms. The van der Waals surface area contributed by atoms with Crippen LogP contribution in [-0.2, 0) is 14.8 Å². The van der Waals surface area contributed by atoms with Gasteiger partial charge in [0.2, 0.25) is 15.9 Å². The largest absolute Gasteiger partial charge is 0.342 e. The monoisotopic (exact) mass is 259 g/mol. The lowest BCUT2D eigenvalue weighted by molar-refractivity contribution is -0.128. The summed E-state index contributed by atoms with van der Waals surface area (Å²) in [4.78, 5) is 13.2. The molecule has 1 saturated heterocycles. The fraction of sp³-hybridized carbons (Fsp3) is 0.800. The molecule has 0 aromatic rings. The van der Waals surface area contributed by atoms with Crippen LogP contribution in [-0.4, -0.2) is 44.1 Å². The molecule has 0 bridgehead atoms. The van der Waals surface area contributed by atoms with Gasteiger partial charge < -0.3 is 4.90 Å². The molecule has 1 aliphatic rings. The third kappa shape index (κ3) is 3.68.